The Balaban J connectivity index is 2.56. The van der Waals surface area contributed by atoms with Gasteiger partial charge < -0.3 is 15.2 Å². The zero-order valence-corrected chi connectivity index (χ0v) is 10.5. The Morgan fingerprint density at radius 1 is 1.29 bits per heavy atom. The van der Waals surface area contributed by atoms with Crippen LogP contribution in [0.15, 0.2) is 24.3 Å². The van der Waals surface area contributed by atoms with E-state index in [2.05, 4.69) is 0 Å². The smallest absolute Gasteiger partial charge is 0.307 e. The van der Waals surface area contributed by atoms with Crippen molar-refractivity contribution in [2.75, 3.05) is 7.11 Å². The van der Waals surface area contributed by atoms with Crippen LogP contribution in [-0.4, -0.2) is 19.2 Å². The van der Waals surface area contributed by atoms with E-state index in [1.807, 2.05) is 38.1 Å². The Morgan fingerprint density at radius 2 is 1.88 bits per heavy atom. The van der Waals surface area contributed by atoms with Crippen LogP contribution in [0.5, 0.6) is 5.75 Å². The number of esters is 1. The van der Waals surface area contributed by atoms with Gasteiger partial charge in [-0.1, -0.05) is 12.1 Å². The quantitative estimate of drug-likeness (QED) is 0.796. The maximum Gasteiger partial charge on any atom is 0.307 e. The lowest BCUT2D eigenvalue weighted by atomic mass is 10.0. The van der Waals surface area contributed by atoms with Crippen molar-refractivity contribution in [3.8, 4) is 5.75 Å². The number of carbonyl (C=O) groups is 1. The van der Waals surface area contributed by atoms with Crippen LogP contribution in [0.25, 0.3) is 0 Å². The van der Waals surface area contributed by atoms with Crippen molar-refractivity contribution in [1.29, 1.82) is 0 Å². The molecule has 0 spiro atoms. The number of hydrogen-bond acceptors (Lipinski definition) is 4. The molecule has 0 amide bonds. The maximum atomic E-state index is 11.4. The van der Waals surface area contributed by atoms with E-state index in [-0.39, 0.29) is 24.5 Å². The first-order chi connectivity index (χ1) is 8.02. The van der Waals surface area contributed by atoms with Gasteiger partial charge >= 0.3 is 5.97 Å². The van der Waals surface area contributed by atoms with Gasteiger partial charge in [-0.05, 0) is 31.5 Å². The zero-order chi connectivity index (χ0) is 12.8. The van der Waals surface area contributed by atoms with Crippen molar-refractivity contribution in [2.24, 2.45) is 5.73 Å². The number of nitrogens with two attached hydrogens (primary N) is 1. The lowest BCUT2D eigenvalue weighted by Crippen LogP contribution is -2.19. The fourth-order valence-corrected chi connectivity index (χ4v) is 1.46. The van der Waals surface area contributed by atoms with Gasteiger partial charge in [0, 0.05) is 6.04 Å². The molecule has 1 aromatic carbocycles. The molecule has 0 bridgehead atoms. The van der Waals surface area contributed by atoms with Gasteiger partial charge in [0.2, 0.25) is 0 Å². The highest BCUT2D eigenvalue weighted by molar-refractivity contribution is 5.70. The van der Waals surface area contributed by atoms with Gasteiger partial charge in [0.05, 0.1) is 19.6 Å². The van der Waals surface area contributed by atoms with Gasteiger partial charge in [-0.15, -0.1) is 0 Å². The molecular weight excluding hydrogens is 218 g/mol. The second kappa shape index (κ2) is 6.25. The molecule has 4 nitrogen and oxygen atoms in total. The summed E-state index contributed by atoms with van der Waals surface area (Å²) in [4.78, 5) is 11.4. The SMILES string of the molecule is COc1ccc(C(N)CC(=O)OC(C)C)cc1. The first-order valence-corrected chi connectivity index (χ1v) is 5.62. The van der Waals surface area contributed by atoms with Crippen LogP contribution in [-0.2, 0) is 9.53 Å². The lowest BCUT2D eigenvalue weighted by molar-refractivity contribution is -0.147. The van der Waals surface area contributed by atoms with E-state index in [1.54, 1.807) is 7.11 Å². The molecule has 0 aliphatic carbocycles. The van der Waals surface area contributed by atoms with Gasteiger partial charge in [0.25, 0.3) is 0 Å². The second-order valence-corrected chi connectivity index (χ2v) is 4.12. The molecule has 17 heavy (non-hydrogen) atoms. The fraction of sp³-hybridized carbons (Fsp3) is 0.462. The molecule has 0 fully saturated rings. The van der Waals surface area contributed by atoms with E-state index in [4.69, 9.17) is 15.2 Å². The van der Waals surface area contributed by atoms with Crippen LogP contribution < -0.4 is 10.5 Å². The van der Waals surface area contributed by atoms with Crippen molar-refractivity contribution >= 4 is 5.97 Å². The minimum absolute atomic E-state index is 0.106. The molecule has 0 saturated heterocycles. The number of carbonyl (C=O) groups excluding carboxylic acids is 1. The van der Waals surface area contributed by atoms with Crippen molar-refractivity contribution in [3.05, 3.63) is 29.8 Å². The van der Waals surface area contributed by atoms with Crippen LogP contribution in [0, 0.1) is 0 Å². The number of hydrogen-bond donors (Lipinski definition) is 1. The van der Waals surface area contributed by atoms with E-state index in [0.29, 0.717) is 0 Å². The van der Waals surface area contributed by atoms with Gasteiger partial charge in [-0.25, -0.2) is 0 Å². The Bertz CT molecular complexity index is 359. The van der Waals surface area contributed by atoms with Gasteiger partial charge in [0.15, 0.2) is 0 Å². The van der Waals surface area contributed by atoms with Crippen LogP contribution in [0.4, 0.5) is 0 Å². The molecule has 0 aliphatic rings. The van der Waals surface area contributed by atoms with Crippen LogP contribution in [0.2, 0.25) is 0 Å². The van der Waals surface area contributed by atoms with Crippen molar-refractivity contribution < 1.29 is 14.3 Å². The summed E-state index contributed by atoms with van der Waals surface area (Å²) < 4.78 is 10.1. The van der Waals surface area contributed by atoms with Crippen molar-refractivity contribution in [3.63, 3.8) is 0 Å². The molecule has 0 aromatic heterocycles. The first-order valence-electron chi connectivity index (χ1n) is 5.62. The molecule has 0 aliphatic heterocycles. The summed E-state index contributed by atoms with van der Waals surface area (Å²) in [6, 6.07) is 7.01. The number of benzene rings is 1. The van der Waals surface area contributed by atoms with E-state index < -0.39 is 0 Å². The predicted octanol–water partition coefficient (Wildman–Crippen LogP) is 2.04. The van der Waals surface area contributed by atoms with Crippen LogP contribution >= 0.6 is 0 Å². The molecule has 1 atom stereocenters. The molecular formula is C13H19NO3. The molecule has 1 aromatic rings. The Hall–Kier alpha value is -1.55. The average molecular weight is 237 g/mol. The van der Waals surface area contributed by atoms with Crippen LogP contribution in [0.3, 0.4) is 0 Å². The Kier molecular flexibility index (Phi) is 4.97. The topological polar surface area (TPSA) is 61.5 Å². The van der Waals surface area contributed by atoms with Crippen LogP contribution in [0.1, 0.15) is 31.9 Å². The van der Waals surface area contributed by atoms with E-state index >= 15 is 0 Å². The number of rotatable bonds is 5. The zero-order valence-electron chi connectivity index (χ0n) is 10.5. The summed E-state index contributed by atoms with van der Waals surface area (Å²) in [5.74, 6) is 0.494. The summed E-state index contributed by atoms with van der Waals surface area (Å²) in [5.41, 5.74) is 6.82. The monoisotopic (exact) mass is 237 g/mol. The van der Waals surface area contributed by atoms with E-state index in [1.165, 1.54) is 0 Å². The number of methoxy groups -OCH3 is 1. The summed E-state index contributed by atoms with van der Waals surface area (Å²) >= 11 is 0. The summed E-state index contributed by atoms with van der Waals surface area (Å²) in [7, 11) is 1.61. The van der Waals surface area contributed by atoms with Gasteiger partial charge in [0.1, 0.15) is 5.75 Å². The predicted molar refractivity (Wildman–Crippen MR) is 65.8 cm³/mol. The molecule has 2 N–H and O–H groups in total. The van der Waals surface area contributed by atoms with E-state index in [0.717, 1.165) is 11.3 Å². The minimum Gasteiger partial charge on any atom is -0.497 e. The third-order valence-corrected chi connectivity index (χ3v) is 2.30. The average Bonchev–Trinajstić information content (AvgIpc) is 2.28. The first kappa shape index (κ1) is 13.5. The lowest BCUT2D eigenvalue weighted by Gasteiger charge is -2.13. The second-order valence-electron chi connectivity index (χ2n) is 4.12. The van der Waals surface area contributed by atoms with E-state index in [9.17, 15) is 4.79 Å². The molecule has 0 radical (unpaired) electrons. The third kappa shape index (κ3) is 4.44. The standard InChI is InChI=1S/C13H19NO3/c1-9(2)17-13(15)8-12(14)10-4-6-11(16-3)7-5-10/h4-7,9,12H,8,14H2,1-3H3. The van der Waals surface area contributed by atoms with Gasteiger partial charge in [-0.3, -0.25) is 4.79 Å². The summed E-state index contributed by atoms with van der Waals surface area (Å²) in [5, 5.41) is 0. The molecule has 94 valence electrons. The Morgan fingerprint density at radius 3 is 2.35 bits per heavy atom. The van der Waals surface area contributed by atoms with Crippen molar-refractivity contribution in [2.45, 2.75) is 32.4 Å². The normalized spacial score (nSPS) is 12.3. The largest absolute Gasteiger partial charge is 0.497 e. The summed E-state index contributed by atoms with van der Waals surface area (Å²) in [6.45, 7) is 3.63. The molecule has 1 unspecified atom stereocenters. The highest BCUT2D eigenvalue weighted by atomic mass is 16.5. The highest BCUT2D eigenvalue weighted by Crippen LogP contribution is 2.18. The molecule has 0 heterocycles. The molecule has 4 heteroatoms. The third-order valence-electron chi connectivity index (χ3n) is 2.30. The maximum absolute atomic E-state index is 11.4. The fourth-order valence-electron chi connectivity index (χ4n) is 1.46. The Labute approximate surface area is 102 Å². The van der Waals surface area contributed by atoms with Gasteiger partial charge in [-0.2, -0.15) is 0 Å². The van der Waals surface area contributed by atoms with Crippen molar-refractivity contribution in [1.82, 2.24) is 0 Å². The number of ether oxygens (including phenoxy) is 2. The molecule has 0 saturated carbocycles. The minimum atomic E-state index is -0.341. The molecule has 1 rings (SSSR count). The summed E-state index contributed by atoms with van der Waals surface area (Å²) in [6.07, 6.45) is 0.0791. The highest BCUT2D eigenvalue weighted by Gasteiger charge is 2.13.